The lowest BCUT2D eigenvalue weighted by atomic mass is 10.2. The van der Waals surface area contributed by atoms with Gasteiger partial charge in [0.2, 0.25) is 5.88 Å². The Hall–Kier alpha value is -1.29. The number of hydrogen-bond donors (Lipinski definition) is 1. The molecule has 18 heavy (non-hydrogen) atoms. The van der Waals surface area contributed by atoms with Crippen LogP contribution in [0.4, 0.5) is 5.82 Å². The van der Waals surface area contributed by atoms with Crippen molar-refractivity contribution in [3.8, 4) is 5.88 Å². The molecular weight excluding hydrogens is 226 g/mol. The van der Waals surface area contributed by atoms with Gasteiger partial charge in [0.25, 0.3) is 0 Å². The number of rotatable bonds is 5. The van der Waals surface area contributed by atoms with Crippen LogP contribution in [0.1, 0.15) is 26.7 Å². The Kier molecular flexibility index (Phi) is 4.42. The van der Waals surface area contributed by atoms with Gasteiger partial charge in [0.05, 0.1) is 7.11 Å². The minimum atomic E-state index is 0.533. The van der Waals surface area contributed by atoms with E-state index in [1.54, 1.807) is 7.11 Å². The normalized spacial score (nSPS) is 19.6. The molecule has 2 rings (SSSR count). The molecule has 0 radical (unpaired) electrons. The van der Waals surface area contributed by atoms with Crippen LogP contribution >= 0.6 is 0 Å². The summed E-state index contributed by atoms with van der Waals surface area (Å²) < 4.78 is 5.19. The number of nitrogens with one attached hydrogen (secondary N) is 1. The molecule has 4 nitrogen and oxygen atoms in total. The predicted octanol–water partition coefficient (Wildman–Crippen LogP) is 2.06. The quantitative estimate of drug-likeness (QED) is 0.866. The van der Waals surface area contributed by atoms with E-state index in [1.165, 1.54) is 12.8 Å². The van der Waals surface area contributed by atoms with Crippen molar-refractivity contribution in [2.24, 2.45) is 0 Å². The zero-order valence-electron chi connectivity index (χ0n) is 11.5. The summed E-state index contributed by atoms with van der Waals surface area (Å²) >= 11 is 0. The largest absolute Gasteiger partial charge is 0.481 e. The Morgan fingerprint density at radius 1 is 1.50 bits per heavy atom. The smallest absolute Gasteiger partial charge is 0.214 e. The average Bonchev–Trinajstić information content (AvgIpc) is 2.84. The first-order chi connectivity index (χ1) is 8.70. The van der Waals surface area contributed by atoms with E-state index < -0.39 is 0 Å². The van der Waals surface area contributed by atoms with Crippen LogP contribution in [0.5, 0.6) is 5.88 Å². The molecule has 0 amide bonds. The van der Waals surface area contributed by atoms with E-state index in [4.69, 9.17) is 4.74 Å². The van der Waals surface area contributed by atoms with Crippen LogP contribution in [0.2, 0.25) is 0 Å². The molecule has 1 unspecified atom stereocenters. The maximum Gasteiger partial charge on any atom is 0.214 e. The van der Waals surface area contributed by atoms with Crippen molar-refractivity contribution in [2.45, 2.75) is 38.8 Å². The molecule has 0 spiro atoms. The van der Waals surface area contributed by atoms with Gasteiger partial charge in [-0.15, -0.1) is 0 Å². The standard InChI is InChI=1S/C14H23N3O/c1-11(2)15-10-12-6-5-9-17(12)13-7-4-8-14(16-13)18-3/h4,7-8,11-12,15H,5-6,9-10H2,1-3H3. The number of aromatic nitrogens is 1. The topological polar surface area (TPSA) is 37.4 Å². The Morgan fingerprint density at radius 3 is 3.06 bits per heavy atom. The zero-order chi connectivity index (χ0) is 13.0. The number of methoxy groups -OCH3 is 1. The molecule has 1 saturated heterocycles. The van der Waals surface area contributed by atoms with Crippen LogP contribution in [-0.4, -0.2) is 37.3 Å². The molecule has 0 aromatic carbocycles. The van der Waals surface area contributed by atoms with E-state index in [1.807, 2.05) is 12.1 Å². The summed E-state index contributed by atoms with van der Waals surface area (Å²) in [4.78, 5) is 6.91. The second kappa shape index (κ2) is 6.05. The van der Waals surface area contributed by atoms with Crippen molar-refractivity contribution in [3.63, 3.8) is 0 Å². The molecule has 1 N–H and O–H groups in total. The van der Waals surface area contributed by atoms with E-state index in [0.717, 1.165) is 18.9 Å². The number of ether oxygens (including phenoxy) is 1. The van der Waals surface area contributed by atoms with Gasteiger partial charge < -0.3 is 15.0 Å². The Labute approximate surface area is 109 Å². The molecule has 1 aliphatic heterocycles. The Bertz CT molecular complexity index is 381. The second-order valence-corrected chi connectivity index (χ2v) is 5.09. The minimum absolute atomic E-state index is 0.533. The highest BCUT2D eigenvalue weighted by Crippen LogP contribution is 2.25. The van der Waals surface area contributed by atoms with Gasteiger partial charge >= 0.3 is 0 Å². The molecule has 0 bridgehead atoms. The fourth-order valence-corrected chi connectivity index (χ4v) is 2.40. The van der Waals surface area contributed by atoms with Crippen molar-refractivity contribution in [1.82, 2.24) is 10.3 Å². The number of anilines is 1. The Morgan fingerprint density at radius 2 is 2.33 bits per heavy atom. The summed E-state index contributed by atoms with van der Waals surface area (Å²) in [7, 11) is 1.66. The first-order valence-electron chi connectivity index (χ1n) is 6.72. The van der Waals surface area contributed by atoms with Crippen LogP contribution in [0.15, 0.2) is 18.2 Å². The summed E-state index contributed by atoms with van der Waals surface area (Å²) in [5.41, 5.74) is 0. The molecule has 0 saturated carbocycles. The summed E-state index contributed by atoms with van der Waals surface area (Å²) in [6, 6.07) is 7.04. The lowest BCUT2D eigenvalue weighted by molar-refractivity contribution is 0.397. The van der Waals surface area contributed by atoms with E-state index in [9.17, 15) is 0 Å². The van der Waals surface area contributed by atoms with Gasteiger partial charge in [-0.25, -0.2) is 0 Å². The molecule has 1 aromatic rings. The molecule has 4 heteroatoms. The molecule has 2 heterocycles. The first kappa shape index (κ1) is 13.1. The van der Waals surface area contributed by atoms with Crippen molar-refractivity contribution in [1.29, 1.82) is 0 Å². The first-order valence-corrected chi connectivity index (χ1v) is 6.72. The Balaban J connectivity index is 2.05. The monoisotopic (exact) mass is 249 g/mol. The van der Waals surface area contributed by atoms with Gasteiger partial charge in [0.1, 0.15) is 5.82 Å². The van der Waals surface area contributed by atoms with Crippen molar-refractivity contribution in [3.05, 3.63) is 18.2 Å². The molecule has 0 aliphatic carbocycles. The van der Waals surface area contributed by atoms with Gasteiger partial charge in [-0.3, -0.25) is 0 Å². The average molecular weight is 249 g/mol. The second-order valence-electron chi connectivity index (χ2n) is 5.09. The van der Waals surface area contributed by atoms with E-state index in [-0.39, 0.29) is 0 Å². The van der Waals surface area contributed by atoms with Gasteiger partial charge in [0, 0.05) is 31.2 Å². The van der Waals surface area contributed by atoms with Gasteiger partial charge in [-0.05, 0) is 18.9 Å². The summed E-state index contributed by atoms with van der Waals surface area (Å²) in [5.74, 6) is 1.72. The molecule has 100 valence electrons. The highest BCUT2D eigenvalue weighted by Gasteiger charge is 2.25. The van der Waals surface area contributed by atoms with Crippen LogP contribution in [0.25, 0.3) is 0 Å². The minimum Gasteiger partial charge on any atom is -0.481 e. The lowest BCUT2D eigenvalue weighted by Gasteiger charge is -2.27. The number of pyridine rings is 1. The zero-order valence-corrected chi connectivity index (χ0v) is 11.5. The van der Waals surface area contributed by atoms with Crippen LogP contribution < -0.4 is 15.0 Å². The molecule has 1 aromatic heterocycles. The third-order valence-electron chi connectivity index (χ3n) is 3.35. The maximum atomic E-state index is 5.19. The van der Waals surface area contributed by atoms with Crippen LogP contribution in [0, 0.1) is 0 Å². The molecule has 1 atom stereocenters. The van der Waals surface area contributed by atoms with Gasteiger partial charge in [-0.1, -0.05) is 19.9 Å². The van der Waals surface area contributed by atoms with E-state index in [2.05, 4.69) is 35.1 Å². The molecular formula is C14H23N3O. The highest BCUT2D eigenvalue weighted by atomic mass is 16.5. The molecule has 1 fully saturated rings. The van der Waals surface area contributed by atoms with Crippen LogP contribution in [0.3, 0.4) is 0 Å². The fraction of sp³-hybridized carbons (Fsp3) is 0.643. The highest BCUT2D eigenvalue weighted by molar-refractivity contribution is 5.43. The number of hydrogen-bond acceptors (Lipinski definition) is 4. The fourth-order valence-electron chi connectivity index (χ4n) is 2.40. The van der Waals surface area contributed by atoms with Gasteiger partial charge in [-0.2, -0.15) is 4.98 Å². The van der Waals surface area contributed by atoms with E-state index >= 15 is 0 Å². The summed E-state index contributed by atoms with van der Waals surface area (Å²) in [5, 5.41) is 3.52. The van der Waals surface area contributed by atoms with Crippen molar-refractivity contribution >= 4 is 5.82 Å². The van der Waals surface area contributed by atoms with E-state index in [0.29, 0.717) is 18.0 Å². The lowest BCUT2D eigenvalue weighted by Crippen LogP contribution is -2.40. The van der Waals surface area contributed by atoms with Crippen molar-refractivity contribution < 1.29 is 4.74 Å². The maximum absolute atomic E-state index is 5.19. The third-order valence-corrected chi connectivity index (χ3v) is 3.35. The summed E-state index contributed by atoms with van der Waals surface area (Å²) in [6.07, 6.45) is 2.47. The third kappa shape index (κ3) is 3.13. The summed E-state index contributed by atoms with van der Waals surface area (Å²) in [6.45, 7) is 6.48. The van der Waals surface area contributed by atoms with Gasteiger partial charge in [0.15, 0.2) is 0 Å². The SMILES string of the molecule is COc1cccc(N2CCCC2CNC(C)C)n1. The van der Waals surface area contributed by atoms with Crippen LogP contribution in [-0.2, 0) is 0 Å². The predicted molar refractivity (Wildman–Crippen MR) is 74.3 cm³/mol. The number of nitrogens with zero attached hydrogens (tertiary/aromatic N) is 2. The molecule has 1 aliphatic rings. The van der Waals surface area contributed by atoms with Crippen molar-refractivity contribution in [2.75, 3.05) is 25.1 Å².